The average Bonchev–Trinajstić information content (AvgIpc) is 2.12. The quantitative estimate of drug-likeness (QED) is 0.439. The number of halogens is 6. The number of aliphatic carboxylic acids is 2. The van der Waals surface area contributed by atoms with Crippen LogP contribution in [0.15, 0.2) is 0 Å². The smallest absolute Gasteiger partial charge is 0.430 e. The highest BCUT2D eigenvalue weighted by molar-refractivity contribution is 5.71. The van der Waals surface area contributed by atoms with E-state index in [1.54, 1.807) is 0 Å². The maximum absolute atomic E-state index is 10.5. The number of quaternary nitrogens is 2. The molecule has 0 fully saturated rings. The van der Waals surface area contributed by atoms with Gasteiger partial charge in [-0.25, -0.2) is 0 Å². The summed E-state index contributed by atoms with van der Waals surface area (Å²) >= 11 is 0. The summed E-state index contributed by atoms with van der Waals surface area (Å²) in [4.78, 5) is 20.4. The first-order valence-electron chi connectivity index (χ1n) is 5.45. The lowest BCUT2D eigenvalue weighted by atomic mass is 10.7. The minimum Gasteiger partial charge on any atom is -0.542 e. The van der Waals surface area contributed by atoms with Crippen molar-refractivity contribution < 1.29 is 55.9 Å². The first-order valence-corrected chi connectivity index (χ1v) is 5.45. The molecule has 0 saturated carbocycles. The van der Waals surface area contributed by atoms with Crippen molar-refractivity contribution >= 4 is 11.9 Å². The van der Waals surface area contributed by atoms with Gasteiger partial charge < -0.3 is 29.6 Å². The van der Waals surface area contributed by atoms with E-state index in [1.165, 1.54) is 9.80 Å². The van der Waals surface area contributed by atoms with E-state index in [0.717, 1.165) is 0 Å². The van der Waals surface area contributed by atoms with E-state index in [9.17, 15) is 26.3 Å². The molecule has 6 nitrogen and oxygen atoms in total. The Bertz CT molecular complexity index is 267. The van der Waals surface area contributed by atoms with Gasteiger partial charge in [-0.2, -0.15) is 26.3 Å². The molecule has 0 spiro atoms. The van der Waals surface area contributed by atoms with Gasteiger partial charge >= 0.3 is 12.4 Å². The number of alkyl halides is 6. The monoisotopic (exact) mass is 346 g/mol. The first-order chi connectivity index (χ1) is 9.35. The van der Waals surface area contributed by atoms with Crippen molar-refractivity contribution in [2.75, 3.05) is 42.3 Å². The molecule has 0 rings (SSSR count). The summed E-state index contributed by atoms with van der Waals surface area (Å²) < 4.78 is 63.1. The molecule has 2 N–H and O–H groups in total. The van der Waals surface area contributed by atoms with Crippen LogP contribution in [0.2, 0.25) is 0 Å². The fourth-order valence-corrected chi connectivity index (χ4v) is 0. The molecular formula is C10H20F6N2O4. The number of rotatable bonds is 0. The Morgan fingerprint density at radius 2 is 0.682 bits per heavy atom. The van der Waals surface area contributed by atoms with Crippen molar-refractivity contribution in [2.24, 2.45) is 0 Å². The summed E-state index contributed by atoms with van der Waals surface area (Å²) in [6.07, 6.45) is -10.4. The molecule has 0 aliphatic carbocycles. The maximum atomic E-state index is 10.5. The summed E-state index contributed by atoms with van der Waals surface area (Å²) in [7, 11) is 12.5. The second-order valence-electron chi connectivity index (χ2n) is 4.57. The molecule has 0 atom stereocenters. The molecule has 0 aliphatic rings. The topological polar surface area (TPSA) is 89.1 Å². The van der Waals surface area contributed by atoms with E-state index in [0.29, 0.717) is 0 Å². The lowest BCUT2D eigenvalue weighted by molar-refractivity contribution is -0.836. The molecule has 0 saturated heterocycles. The Labute approximate surface area is 123 Å². The van der Waals surface area contributed by atoms with Crippen LogP contribution in [-0.4, -0.2) is 66.6 Å². The van der Waals surface area contributed by atoms with Crippen molar-refractivity contribution in [3.05, 3.63) is 0 Å². The van der Waals surface area contributed by atoms with Crippen LogP contribution in [0.1, 0.15) is 0 Å². The molecule has 0 aromatic heterocycles. The largest absolute Gasteiger partial charge is 0.542 e. The van der Waals surface area contributed by atoms with Gasteiger partial charge in [0.25, 0.3) is 0 Å². The second kappa shape index (κ2) is 13.1. The minimum absolute atomic E-state index is 1.42. The number of nitrogens with one attached hydrogen (secondary N) is 2. The van der Waals surface area contributed by atoms with Gasteiger partial charge in [-0.1, -0.05) is 0 Å². The minimum atomic E-state index is -5.19. The lowest BCUT2D eigenvalue weighted by Crippen LogP contribution is -3.02. The standard InChI is InChI=1S/2C3H9N.2C2HF3O2/c2*1-4(2)3;2*3-2(4,5)1(6)7/h2*1-3H3;2*(H,6,7). The Kier molecular flexibility index (Phi) is 17.1. The third-order valence-corrected chi connectivity index (χ3v) is 0.463. The van der Waals surface area contributed by atoms with Crippen LogP contribution >= 0.6 is 0 Å². The summed E-state index contributed by atoms with van der Waals surface area (Å²) in [6.45, 7) is 0. The number of carboxylic acid groups (broad SMARTS) is 2. The molecule has 0 unspecified atom stereocenters. The van der Waals surface area contributed by atoms with Crippen LogP contribution in [-0.2, 0) is 9.59 Å². The maximum Gasteiger partial charge on any atom is 0.430 e. The molecule has 0 amide bonds. The van der Waals surface area contributed by atoms with Crippen molar-refractivity contribution in [1.82, 2.24) is 0 Å². The fourth-order valence-electron chi connectivity index (χ4n) is 0. The molecule has 0 heterocycles. The van der Waals surface area contributed by atoms with E-state index in [-0.39, 0.29) is 0 Å². The van der Waals surface area contributed by atoms with E-state index in [2.05, 4.69) is 42.3 Å². The van der Waals surface area contributed by atoms with Gasteiger partial charge in [-0.05, 0) is 0 Å². The zero-order chi connectivity index (χ0) is 19.3. The molecule has 0 radical (unpaired) electrons. The van der Waals surface area contributed by atoms with Gasteiger partial charge in [-0.3, -0.25) is 0 Å². The van der Waals surface area contributed by atoms with Crippen molar-refractivity contribution in [3.63, 3.8) is 0 Å². The number of hydrogen-bond donors (Lipinski definition) is 2. The third kappa shape index (κ3) is 51.5. The van der Waals surface area contributed by atoms with E-state index in [4.69, 9.17) is 19.8 Å². The van der Waals surface area contributed by atoms with Crippen LogP contribution in [0.4, 0.5) is 26.3 Å². The molecule has 12 heteroatoms. The molecular weight excluding hydrogens is 326 g/mol. The van der Waals surface area contributed by atoms with Crippen LogP contribution in [0.25, 0.3) is 0 Å². The van der Waals surface area contributed by atoms with Crippen molar-refractivity contribution in [2.45, 2.75) is 12.4 Å². The number of hydrogen-bond acceptors (Lipinski definition) is 4. The van der Waals surface area contributed by atoms with Crippen molar-refractivity contribution in [3.8, 4) is 0 Å². The summed E-state index contributed by atoms with van der Waals surface area (Å²) in [5, 5.41) is 17.6. The number of carboxylic acids is 2. The Hall–Kier alpha value is -1.56. The van der Waals surface area contributed by atoms with Crippen LogP contribution in [0.3, 0.4) is 0 Å². The van der Waals surface area contributed by atoms with Crippen molar-refractivity contribution in [1.29, 1.82) is 0 Å². The molecule has 0 aromatic rings. The third-order valence-electron chi connectivity index (χ3n) is 0.463. The summed E-state index contributed by atoms with van der Waals surface area (Å²) in [5.74, 6) is -6.01. The summed E-state index contributed by atoms with van der Waals surface area (Å²) in [5.41, 5.74) is 0. The van der Waals surface area contributed by atoms with Gasteiger partial charge in [0.1, 0.15) is 11.9 Å². The van der Waals surface area contributed by atoms with Gasteiger partial charge in [0.05, 0.1) is 42.3 Å². The van der Waals surface area contributed by atoms with Gasteiger partial charge in [-0.15, -0.1) is 0 Å². The van der Waals surface area contributed by atoms with E-state index < -0.39 is 24.3 Å². The Morgan fingerprint density at radius 1 is 0.636 bits per heavy atom. The predicted octanol–water partition coefficient (Wildman–Crippen LogP) is -3.88. The highest BCUT2D eigenvalue weighted by atomic mass is 19.4. The Morgan fingerprint density at radius 3 is 0.682 bits per heavy atom. The lowest BCUT2D eigenvalue weighted by Gasteiger charge is -2.03. The van der Waals surface area contributed by atoms with Gasteiger partial charge in [0, 0.05) is 0 Å². The highest BCUT2D eigenvalue weighted by Gasteiger charge is 2.29. The molecule has 0 aliphatic heterocycles. The zero-order valence-corrected chi connectivity index (χ0v) is 12.9. The van der Waals surface area contributed by atoms with Crippen LogP contribution < -0.4 is 20.0 Å². The second-order valence-corrected chi connectivity index (χ2v) is 4.57. The average molecular weight is 346 g/mol. The molecule has 136 valence electrons. The number of carbonyl (C=O) groups excluding carboxylic acids is 2. The van der Waals surface area contributed by atoms with Crippen LogP contribution in [0.5, 0.6) is 0 Å². The van der Waals surface area contributed by atoms with Gasteiger partial charge in [0.2, 0.25) is 0 Å². The highest BCUT2D eigenvalue weighted by Crippen LogP contribution is 2.12. The van der Waals surface area contributed by atoms with E-state index in [1.807, 2.05) is 0 Å². The molecule has 22 heavy (non-hydrogen) atoms. The molecule has 0 aromatic carbocycles. The van der Waals surface area contributed by atoms with Crippen LogP contribution in [0, 0.1) is 0 Å². The van der Waals surface area contributed by atoms with E-state index >= 15 is 0 Å². The SMILES string of the molecule is C[NH+](C)C.C[NH+](C)C.O=C([O-])C(F)(F)F.O=C([O-])C(F)(F)F. The predicted molar refractivity (Wildman–Crippen MR) is 59.6 cm³/mol. The molecule has 0 bridgehead atoms. The van der Waals surface area contributed by atoms with Gasteiger partial charge in [0.15, 0.2) is 0 Å². The summed E-state index contributed by atoms with van der Waals surface area (Å²) in [6, 6.07) is 0. The normalized spacial score (nSPS) is 10.5. The fraction of sp³-hybridized carbons (Fsp3) is 0.800. The first kappa shape index (κ1) is 28.6. The zero-order valence-electron chi connectivity index (χ0n) is 12.9. The number of carbonyl (C=O) groups is 2. The Balaban J connectivity index is -0.000000102.